The van der Waals surface area contributed by atoms with Crippen molar-refractivity contribution in [1.29, 1.82) is 0 Å². The minimum atomic E-state index is -0.491. The Labute approximate surface area is 224 Å². The molecule has 4 aromatic rings. The van der Waals surface area contributed by atoms with Gasteiger partial charge in [-0.25, -0.2) is 14.2 Å². The van der Waals surface area contributed by atoms with E-state index in [4.69, 9.17) is 11.6 Å². The highest BCUT2D eigenvalue weighted by molar-refractivity contribution is 6.34. The standard InChI is InChI=1S/C29H25ClFN5O2/c1-34-12-13-36(29(34)38)25-7-6-18(14-23(25)30)21-16-20(31)17-22(28(21)37)19-8-9-33-27(15-19)35-11-10-32-24-4-2-3-5-26(24)35/h2-9,14-17,32,37H,10-13H2,1H3. The molecule has 192 valence electrons. The minimum absolute atomic E-state index is 0.0648. The summed E-state index contributed by atoms with van der Waals surface area (Å²) >= 11 is 6.56. The zero-order valence-electron chi connectivity index (χ0n) is 20.7. The zero-order chi connectivity index (χ0) is 26.4. The first kappa shape index (κ1) is 24.1. The second-order valence-corrected chi connectivity index (χ2v) is 9.78. The summed E-state index contributed by atoms with van der Waals surface area (Å²) in [6.07, 6.45) is 1.66. The molecule has 2 amide bonds. The summed E-state index contributed by atoms with van der Waals surface area (Å²) in [6, 6.07) is 19.2. The van der Waals surface area contributed by atoms with Crippen LogP contribution in [0, 0.1) is 5.82 Å². The number of amides is 2. The van der Waals surface area contributed by atoms with Gasteiger partial charge in [-0.15, -0.1) is 0 Å². The van der Waals surface area contributed by atoms with E-state index < -0.39 is 5.82 Å². The van der Waals surface area contributed by atoms with E-state index in [0.29, 0.717) is 58.4 Å². The Morgan fingerprint density at radius 1 is 0.921 bits per heavy atom. The third-order valence-corrected chi connectivity index (χ3v) is 7.32. The van der Waals surface area contributed by atoms with E-state index in [0.717, 1.165) is 17.9 Å². The van der Waals surface area contributed by atoms with Crippen molar-refractivity contribution in [3.8, 4) is 28.0 Å². The molecule has 7 nitrogen and oxygen atoms in total. The maximum atomic E-state index is 14.9. The number of halogens is 2. The summed E-state index contributed by atoms with van der Waals surface area (Å²) in [5.74, 6) is 0.148. The van der Waals surface area contributed by atoms with E-state index in [1.807, 2.05) is 30.3 Å². The number of phenolic OH excluding ortho intramolecular Hbond substituents is 1. The van der Waals surface area contributed by atoms with Gasteiger partial charge >= 0.3 is 6.03 Å². The van der Waals surface area contributed by atoms with Crippen LogP contribution in [0.1, 0.15) is 0 Å². The molecule has 0 bridgehead atoms. The Morgan fingerprint density at radius 2 is 1.68 bits per heavy atom. The normalized spacial score (nSPS) is 15.0. The summed E-state index contributed by atoms with van der Waals surface area (Å²) in [4.78, 5) is 22.3. The number of likely N-dealkylation sites (N-methyl/N-ethyl adjacent to an activating group) is 1. The Morgan fingerprint density at radius 3 is 2.42 bits per heavy atom. The maximum absolute atomic E-state index is 14.9. The predicted molar refractivity (Wildman–Crippen MR) is 149 cm³/mol. The lowest BCUT2D eigenvalue weighted by Crippen LogP contribution is -2.30. The van der Waals surface area contributed by atoms with Crippen molar-refractivity contribution in [2.24, 2.45) is 0 Å². The smallest absolute Gasteiger partial charge is 0.324 e. The van der Waals surface area contributed by atoms with Gasteiger partial charge in [-0.1, -0.05) is 29.8 Å². The molecule has 6 rings (SSSR count). The van der Waals surface area contributed by atoms with Crippen molar-refractivity contribution < 1.29 is 14.3 Å². The Balaban J connectivity index is 1.37. The van der Waals surface area contributed by atoms with Gasteiger partial charge in [-0.3, -0.25) is 4.90 Å². The number of aromatic nitrogens is 1. The summed E-state index contributed by atoms with van der Waals surface area (Å²) in [6.45, 7) is 2.62. The molecule has 0 aliphatic carbocycles. The lowest BCUT2D eigenvalue weighted by molar-refractivity contribution is 0.229. The van der Waals surface area contributed by atoms with Crippen molar-refractivity contribution in [3.63, 3.8) is 0 Å². The van der Waals surface area contributed by atoms with E-state index in [2.05, 4.69) is 15.2 Å². The summed E-state index contributed by atoms with van der Waals surface area (Å²) in [5.41, 5.74) is 4.44. The van der Waals surface area contributed by atoms with Crippen molar-refractivity contribution >= 4 is 40.5 Å². The SMILES string of the molecule is CN1CCN(c2ccc(-c3cc(F)cc(-c4ccnc(N5CCNc6ccccc65)c4)c3O)cc2Cl)C1=O. The van der Waals surface area contributed by atoms with Gasteiger partial charge in [0.25, 0.3) is 0 Å². The van der Waals surface area contributed by atoms with Crippen LogP contribution in [-0.4, -0.2) is 54.2 Å². The van der Waals surface area contributed by atoms with Crippen LogP contribution in [0.15, 0.2) is 72.9 Å². The fourth-order valence-electron chi connectivity index (χ4n) is 5.06. The van der Waals surface area contributed by atoms with Crippen LogP contribution in [0.4, 0.5) is 32.1 Å². The Hall–Kier alpha value is -4.30. The Bertz CT molecular complexity index is 1560. The number of nitrogens with one attached hydrogen (secondary N) is 1. The highest BCUT2D eigenvalue weighted by Gasteiger charge is 2.28. The van der Waals surface area contributed by atoms with Gasteiger partial charge in [0.15, 0.2) is 0 Å². The van der Waals surface area contributed by atoms with Crippen LogP contribution in [0.3, 0.4) is 0 Å². The molecule has 2 aliphatic heterocycles. The number of para-hydroxylation sites is 2. The topological polar surface area (TPSA) is 71.9 Å². The number of pyridine rings is 1. The number of rotatable bonds is 4. The molecular weight excluding hydrogens is 505 g/mol. The number of nitrogens with zero attached hydrogens (tertiary/aromatic N) is 4. The number of anilines is 4. The fraction of sp³-hybridized carbons (Fsp3) is 0.172. The number of carbonyl (C=O) groups excluding carboxylic acids is 1. The number of benzene rings is 3. The van der Waals surface area contributed by atoms with Gasteiger partial charge in [-0.2, -0.15) is 0 Å². The number of hydrogen-bond acceptors (Lipinski definition) is 5. The van der Waals surface area contributed by atoms with E-state index in [-0.39, 0.29) is 11.8 Å². The third kappa shape index (κ3) is 4.16. The predicted octanol–water partition coefficient (Wildman–Crippen LogP) is 6.35. The molecular formula is C29H25ClFN5O2. The number of fused-ring (bicyclic) bond motifs is 1. The highest BCUT2D eigenvalue weighted by atomic mass is 35.5. The molecule has 0 radical (unpaired) electrons. The van der Waals surface area contributed by atoms with Gasteiger partial charge in [0, 0.05) is 50.6 Å². The molecule has 2 N–H and O–H groups in total. The van der Waals surface area contributed by atoms with E-state index in [9.17, 15) is 14.3 Å². The second-order valence-electron chi connectivity index (χ2n) is 9.37. The van der Waals surface area contributed by atoms with Crippen LogP contribution in [0.5, 0.6) is 5.75 Å². The quantitative estimate of drug-likeness (QED) is 0.322. The maximum Gasteiger partial charge on any atom is 0.324 e. The van der Waals surface area contributed by atoms with Gasteiger partial charge in [0.1, 0.15) is 17.4 Å². The lowest BCUT2D eigenvalue weighted by atomic mass is 9.97. The largest absolute Gasteiger partial charge is 0.507 e. The zero-order valence-corrected chi connectivity index (χ0v) is 21.4. The molecule has 0 unspecified atom stereocenters. The van der Waals surface area contributed by atoms with E-state index in [1.54, 1.807) is 47.3 Å². The van der Waals surface area contributed by atoms with Gasteiger partial charge in [-0.05, 0) is 59.7 Å². The molecule has 1 aromatic heterocycles. The first-order chi connectivity index (χ1) is 18.4. The van der Waals surface area contributed by atoms with Crippen molar-refractivity contribution in [2.75, 3.05) is 48.3 Å². The third-order valence-electron chi connectivity index (χ3n) is 7.02. The second kappa shape index (κ2) is 9.54. The fourth-order valence-corrected chi connectivity index (χ4v) is 5.34. The molecule has 0 saturated carbocycles. The summed E-state index contributed by atoms with van der Waals surface area (Å²) < 4.78 is 14.9. The van der Waals surface area contributed by atoms with Crippen molar-refractivity contribution in [2.45, 2.75) is 0 Å². The number of carbonyl (C=O) groups is 1. The number of urea groups is 1. The minimum Gasteiger partial charge on any atom is -0.507 e. The van der Waals surface area contributed by atoms with Gasteiger partial charge < -0.3 is 20.2 Å². The van der Waals surface area contributed by atoms with Gasteiger partial charge in [0.2, 0.25) is 0 Å². The molecule has 0 spiro atoms. The van der Waals surface area contributed by atoms with E-state index in [1.165, 1.54) is 12.1 Å². The van der Waals surface area contributed by atoms with Gasteiger partial charge in [0.05, 0.1) is 22.1 Å². The van der Waals surface area contributed by atoms with Crippen LogP contribution in [0.2, 0.25) is 5.02 Å². The van der Waals surface area contributed by atoms with E-state index >= 15 is 0 Å². The van der Waals surface area contributed by atoms with Crippen molar-refractivity contribution in [3.05, 3.63) is 83.8 Å². The molecule has 2 aliphatic rings. The molecule has 1 saturated heterocycles. The highest BCUT2D eigenvalue weighted by Crippen LogP contribution is 2.42. The first-order valence-corrected chi connectivity index (χ1v) is 12.7. The lowest BCUT2D eigenvalue weighted by Gasteiger charge is -2.31. The van der Waals surface area contributed by atoms with Crippen LogP contribution < -0.4 is 15.1 Å². The Kier molecular flexibility index (Phi) is 6.04. The average molecular weight is 530 g/mol. The number of phenols is 1. The first-order valence-electron chi connectivity index (χ1n) is 12.3. The number of hydrogen-bond donors (Lipinski definition) is 2. The van der Waals surface area contributed by atoms with Crippen LogP contribution in [0.25, 0.3) is 22.3 Å². The summed E-state index contributed by atoms with van der Waals surface area (Å²) in [7, 11) is 1.74. The molecule has 3 aromatic carbocycles. The average Bonchev–Trinajstić information content (AvgIpc) is 3.27. The monoisotopic (exact) mass is 529 g/mol. The molecule has 0 atom stereocenters. The van der Waals surface area contributed by atoms with Crippen LogP contribution >= 0.6 is 11.6 Å². The molecule has 38 heavy (non-hydrogen) atoms. The molecule has 9 heteroatoms. The van der Waals surface area contributed by atoms with Crippen LogP contribution in [-0.2, 0) is 0 Å². The summed E-state index contributed by atoms with van der Waals surface area (Å²) in [5, 5.41) is 15.0. The molecule has 1 fully saturated rings. The van der Waals surface area contributed by atoms with Crippen molar-refractivity contribution in [1.82, 2.24) is 9.88 Å². The molecule has 3 heterocycles. The number of aromatic hydroxyl groups is 1.